The van der Waals surface area contributed by atoms with E-state index in [2.05, 4.69) is 21.2 Å². The lowest BCUT2D eigenvalue weighted by atomic mass is 10.0. The summed E-state index contributed by atoms with van der Waals surface area (Å²) in [6, 6.07) is 4.04. The van der Waals surface area contributed by atoms with Crippen molar-refractivity contribution in [2.24, 2.45) is 11.8 Å². The minimum Gasteiger partial charge on any atom is -0.316 e. The fourth-order valence-corrected chi connectivity index (χ4v) is 5.04. The second-order valence-electron chi connectivity index (χ2n) is 5.37. The van der Waals surface area contributed by atoms with Gasteiger partial charge in [0.05, 0.1) is 4.92 Å². The van der Waals surface area contributed by atoms with Crippen molar-refractivity contribution in [1.29, 1.82) is 0 Å². The summed E-state index contributed by atoms with van der Waals surface area (Å²) in [5, 5.41) is 14.4. The molecule has 0 unspecified atom stereocenters. The van der Waals surface area contributed by atoms with Gasteiger partial charge in [-0.3, -0.25) is 10.1 Å². The first-order chi connectivity index (χ1) is 9.89. The van der Waals surface area contributed by atoms with E-state index in [-0.39, 0.29) is 10.6 Å². The van der Waals surface area contributed by atoms with Crippen LogP contribution in [0.2, 0.25) is 0 Å². The number of benzene rings is 1. The van der Waals surface area contributed by atoms with Gasteiger partial charge < -0.3 is 5.32 Å². The van der Waals surface area contributed by atoms with E-state index in [9.17, 15) is 18.5 Å². The highest BCUT2D eigenvalue weighted by Gasteiger charge is 2.43. The van der Waals surface area contributed by atoms with Gasteiger partial charge in [0.2, 0.25) is 10.0 Å². The fourth-order valence-electron chi connectivity index (χ4n) is 3.00. The van der Waals surface area contributed by atoms with Crippen molar-refractivity contribution in [3.8, 4) is 0 Å². The summed E-state index contributed by atoms with van der Waals surface area (Å²) in [6.07, 6.45) is 0. The molecule has 9 heteroatoms. The summed E-state index contributed by atoms with van der Waals surface area (Å²) in [6.45, 7) is 2.46. The number of rotatable bonds is 3. The van der Waals surface area contributed by atoms with Gasteiger partial charge in [-0.15, -0.1) is 0 Å². The van der Waals surface area contributed by atoms with Crippen LogP contribution in [-0.4, -0.2) is 43.8 Å². The smallest absolute Gasteiger partial charge is 0.290 e. The number of nitro benzene ring substituents is 1. The van der Waals surface area contributed by atoms with E-state index in [0.29, 0.717) is 29.4 Å². The van der Waals surface area contributed by atoms with E-state index in [4.69, 9.17) is 0 Å². The van der Waals surface area contributed by atoms with Crippen molar-refractivity contribution < 1.29 is 13.3 Å². The fraction of sp³-hybridized carbons (Fsp3) is 0.500. The van der Waals surface area contributed by atoms with Crippen LogP contribution in [0.3, 0.4) is 0 Å². The lowest BCUT2D eigenvalue weighted by Gasteiger charge is -2.17. The maximum atomic E-state index is 12.7. The van der Waals surface area contributed by atoms with Crippen LogP contribution in [0.15, 0.2) is 27.6 Å². The molecule has 0 saturated carbocycles. The predicted octanol–water partition coefficient (Wildman–Crippen LogP) is 1.20. The molecular formula is C12H14BrN3O4S. The molecule has 2 atom stereocenters. The van der Waals surface area contributed by atoms with Gasteiger partial charge in [-0.1, -0.05) is 15.9 Å². The summed E-state index contributed by atoms with van der Waals surface area (Å²) in [4.78, 5) is 10.2. The van der Waals surface area contributed by atoms with Crippen molar-refractivity contribution in [2.75, 3.05) is 26.2 Å². The molecule has 3 rings (SSSR count). The third kappa shape index (κ3) is 2.59. The molecule has 0 radical (unpaired) electrons. The standard InChI is InChI=1S/C12H14BrN3O4S/c13-10-1-2-12(11(3-10)16(17)18)21(19,20)15-6-8-4-14-5-9(8)7-15/h1-3,8-9,14H,4-7H2/t8-,9+. The summed E-state index contributed by atoms with van der Waals surface area (Å²) in [7, 11) is -3.83. The van der Waals surface area contributed by atoms with Crippen molar-refractivity contribution >= 4 is 31.6 Å². The number of nitrogens with one attached hydrogen (secondary N) is 1. The summed E-state index contributed by atoms with van der Waals surface area (Å²) in [5.74, 6) is 0.601. The highest BCUT2D eigenvalue weighted by molar-refractivity contribution is 9.10. The second kappa shape index (κ2) is 5.31. The second-order valence-corrected chi connectivity index (χ2v) is 8.19. The van der Waals surface area contributed by atoms with Gasteiger partial charge in [0, 0.05) is 23.6 Å². The molecule has 2 heterocycles. The van der Waals surface area contributed by atoms with Gasteiger partial charge >= 0.3 is 0 Å². The third-order valence-corrected chi connectivity index (χ3v) is 6.46. The highest BCUT2D eigenvalue weighted by atomic mass is 79.9. The predicted molar refractivity (Wildman–Crippen MR) is 79.4 cm³/mol. The molecule has 2 aliphatic rings. The lowest BCUT2D eigenvalue weighted by molar-refractivity contribution is -0.387. The molecular weight excluding hydrogens is 362 g/mol. The highest BCUT2D eigenvalue weighted by Crippen LogP contribution is 2.34. The van der Waals surface area contributed by atoms with Gasteiger partial charge in [-0.25, -0.2) is 8.42 Å². The largest absolute Gasteiger partial charge is 0.316 e. The average Bonchev–Trinajstić information content (AvgIpc) is 2.98. The zero-order valence-electron chi connectivity index (χ0n) is 11.0. The normalized spacial score (nSPS) is 26.0. The molecule has 7 nitrogen and oxygen atoms in total. The Balaban J connectivity index is 1.98. The summed E-state index contributed by atoms with van der Waals surface area (Å²) < 4.78 is 27.2. The van der Waals surface area contributed by atoms with E-state index < -0.39 is 14.9 Å². The van der Waals surface area contributed by atoms with Gasteiger partial charge in [0.1, 0.15) is 0 Å². The zero-order chi connectivity index (χ0) is 15.2. The minimum atomic E-state index is -3.83. The number of sulfonamides is 1. The zero-order valence-corrected chi connectivity index (χ0v) is 13.4. The van der Waals surface area contributed by atoms with E-state index in [1.54, 1.807) is 0 Å². The SMILES string of the molecule is O=[N+]([O-])c1cc(Br)ccc1S(=O)(=O)N1C[C@H]2CNC[C@H]2C1. The van der Waals surface area contributed by atoms with Crippen LogP contribution >= 0.6 is 15.9 Å². The van der Waals surface area contributed by atoms with E-state index >= 15 is 0 Å². The molecule has 1 N–H and O–H groups in total. The monoisotopic (exact) mass is 375 g/mol. The Bertz CT molecular complexity index is 682. The number of halogens is 1. The number of fused-ring (bicyclic) bond motifs is 1. The van der Waals surface area contributed by atoms with Crippen molar-refractivity contribution in [3.63, 3.8) is 0 Å². The van der Waals surface area contributed by atoms with E-state index in [0.717, 1.165) is 13.1 Å². The van der Waals surface area contributed by atoms with Gasteiger partial charge in [-0.2, -0.15) is 4.31 Å². The van der Waals surface area contributed by atoms with Crippen LogP contribution in [0.1, 0.15) is 0 Å². The van der Waals surface area contributed by atoms with Crippen LogP contribution in [-0.2, 0) is 10.0 Å². The average molecular weight is 376 g/mol. The molecule has 114 valence electrons. The molecule has 1 aromatic carbocycles. The van der Waals surface area contributed by atoms with Crippen LogP contribution in [0.25, 0.3) is 0 Å². The first kappa shape index (κ1) is 14.9. The molecule has 0 bridgehead atoms. The molecule has 0 amide bonds. The maximum Gasteiger partial charge on any atom is 0.290 e. The summed E-state index contributed by atoms with van der Waals surface area (Å²) in [5.41, 5.74) is -0.389. The number of hydrogen-bond donors (Lipinski definition) is 1. The molecule has 21 heavy (non-hydrogen) atoms. The molecule has 1 aromatic rings. The Morgan fingerprint density at radius 1 is 1.29 bits per heavy atom. The molecule has 2 saturated heterocycles. The van der Waals surface area contributed by atoms with Gasteiger partial charge in [-0.05, 0) is 37.1 Å². The van der Waals surface area contributed by atoms with Crippen LogP contribution < -0.4 is 5.32 Å². The van der Waals surface area contributed by atoms with Crippen molar-refractivity contribution in [3.05, 3.63) is 32.8 Å². The van der Waals surface area contributed by atoms with Crippen molar-refractivity contribution in [1.82, 2.24) is 9.62 Å². The Morgan fingerprint density at radius 3 is 2.48 bits per heavy atom. The molecule has 2 aliphatic heterocycles. The number of hydrogen-bond acceptors (Lipinski definition) is 5. The van der Waals surface area contributed by atoms with Crippen LogP contribution in [0.4, 0.5) is 5.69 Å². The maximum absolute atomic E-state index is 12.7. The van der Waals surface area contributed by atoms with E-state index in [1.807, 2.05) is 0 Å². The Labute approximate surface area is 130 Å². The quantitative estimate of drug-likeness (QED) is 0.632. The molecule has 0 aliphatic carbocycles. The van der Waals surface area contributed by atoms with Gasteiger partial charge in [0.25, 0.3) is 5.69 Å². The van der Waals surface area contributed by atoms with Gasteiger partial charge in [0.15, 0.2) is 4.90 Å². The topological polar surface area (TPSA) is 92.5 Å². The Kier molecular flexibility index (Phi) is 3.76. The Morgan fingerprint density at radius 2 is 1.90 bits per heavy atom. The van der Waals surface area contributed by atoms with Crippen LogP contribution in [0, 0.1) is 22.0 Å². The third-order valence-electron chi connectivity index (χ3n) is 4.09. The number of nitro groups is 1. The first-order valence-electron chi connectivity index (χ1n) is 6.54. The van der Waals surface area contributed by atoms with Crippen molar-refractivity contribution in [2.45, 2.75) is 4.90 Å². The number of nitrogens with zero attached hydrogens (tertiary/aromatic N) is 2. The molecule has 0 aromatic heterocycles. The Hall–Kier alpha value is -1.03. The molecule has 0 spiro atoms. The summed E-state index contributed by atoms with van der Waals surface area (Å²) >= 11 is 3.13. The van der Waals surface area contributed by atoms with Crippen LogP contribution in [0.5, 0.6) is 0 Å². The lowest BCUT2D eigenvalue weighted by Crippen LogP contribution is -2.32. The first-order valence-corrected chi connectivity index (χ1v) is 8.77. The molecule has 2 fully saturated rings. The minimum absolute atomic E-state index is 0.233. The van der Waals surface area contributed by atoms with E-state index in [1.165, 1.54) is 22.5 Å².